The van der Waals surface area contributed by atoms with Gasteiger partial charge in [-0.3, -0.25) is 9.59 Å². The molecular formula is C22H30N4O3S. The fraction of sp³-hybridized carbons (Fsp3) is 0.591. The van der Waals surface area contributed by atoms with E-state index in [0.717, 1.165) is 67.8 Å². The standard InChI is InChI=1S/C22H30N4O3S/c1-14(2)21(28)25-8-10-26(11-9-25)22-24-18-7-5-16(12-19(18)30-22)20(27)23-13-17-6-4-15(3)29-17/h4,6,14,16H,5,7-13H2,1-3H3,(H,23,27). The van der Waals surface area contributed by atoms with E-state index in [4.69, 9.17) is 9.40 Å². The number of hydrogen-bond donors (Lipinski definition) is 1. The van der Waals surface area contributed by atoms with E-state index in [2.05, 4.69) is 10.2 Å². The lowest BCUT2D eigenvalue weighted by molar-refractivity contribution is -0.134. The second kappa shape index (κ2) is 8.79. The predicted molar refractivity (Wildman–Crippen MR) is 117 cm³/mol. The number of amides is 2. The number of thiazole rings is 1. The van der Waals surface area contributed by atoms with Crippen LogP contribution in [0.3, 0.4) is 0 Å². The summed E-state index contributed by atoms with van der Waals surface area (Å²) in [5.74, 6) is 1.99. The maximum Gasteiger partial charge on any atom is 0.225 e. The summed E-state index contributed by atoms with van der Waals surface area (Å²) in [6, 6.07) is 3.81. The Morgan fingerprint density at radius 3 is 2.70 bits per heavy atom. The Kier molecular flexibility index (Phi) is 6.13. The molecule has 0 radical (unpaired) electrons. The molecule has 2 aromatic rings. The van der Waals surface area contributed by atoms with E-state index < -0.39 is 0 Å². The number of aromatic nitrogens is 1. The molecule has 1 aliphatic carbocycles. The van der Waals surface area contributed by atoms with Crippen LogP contribution in [0, 0.1) is 18.8 Å². The topological polar surface area (TPSA) is 78.7 Å². The summed E-state index contributed by atoms with van der Waals surface area (Å²) in [6.45, 7) is 9.37. The van der Waals surface area contributed by atoms with E-state index >= 15 is 0 Å². The third-order valence-corrected chi connectivity index (χ3v) is 7.07. The molecule has 3 heterocycles. The zero-order valence-electron chi connectivity index (χ0n) is 17.9. The molecule has 4 rings (SSSR count). The Bertz CT molecular complexity index is 911. The van der Waals surface area contributed by atoms with Crippen molar-refractivity contribution in [2.75, 3.05) is 31.1 Å². The third-order valence-electron chi connectivity index (χ3n) is 5.89. The van der Waals surface area contributed by atoms with E-state index in [-0.39, 0.29) is 23.7 Å². The fourth-order valence-electron chi connectivity index (χ4n) is 4.10. The molecule has 0 aromatic carbocycles. The Morgan fingerprint density at radius 2 is 2.03 bits per heavy atom. The predicted octanol–water partition coefficient (Wildman–Crippen LogP) is 2.77. The normalized spacial score (nSPS) is 19.1. The van der Waals surface area contributed by atoms with Crippen molar-refractivity contribution in [2.45, 2.75) is 46.6 Å². The van der Waals surface area contributed by atoms with Gasteiger partial charge in [0.05, 0.1) is 12.2 Å². The number of rotatable bonds is 5. The Balaban J connectivity index is 1.32. The Morgan fingerprint density at radius 1 is 1.27 bits per heavy atom. The molecule has 1 atom stereocenters. The van der Waals surface area contributed by atoms with Crippen LogP contribution >= 0.6 is 11.3 Å². The smallest absolute Gasteiger partial charge is 0.225 e. The summed E-state index contributed by atoms with van der Waals surface area (Å²) >= 11 is 1.71. The number of nitrogens with zero attached hydrogens (tertiary/aromatic N) is 3. The Labute approximate surface area is 181 Å². The highest BCUT2D eigenvalue weighted by Crippen LogP contribution is 2.34. The molecule has 1 unspecified atom stereocenters. The van der Waals surface area contributed by atoms with Crippen LogP contribution in [0.5, 0.6) is 0 Å². The number of piperazine rings is 1. The first kappa shape index (κ1) is 20.9. The zero-order valence-corrected chi connectivity index (χ0v) is 18.8. The van der Waals surface area contributed by atoms with Gasteiger partial charge in [0.1, 0.15) is 11.5 Å². The van der Waals surface area contributed by atoms with Crippen molar-refractivity contribution in [3.8, 4) is 0 Å². The van der Waals surface area contributed by atoms with Gasteiger partial charge in [0.15, 0.2) is 5.13 Å². The van der Waals surface area contributed by atoms with Crippen molar-refractivity contribution in [1.29, 1.82) is 0 Å². The van der Waals surface area contributed by atoms with E-state index in [9.17, 15) is 9.59 Å². The highest BCUT2D eigenvalue weighted by molar-refractivity contribution is 7.15. The van der Waals surface area contributed by atoms with Crippen LogP contribution in [0.1, 0.15) is 42.4 Å². The second-order valence-corrected chi connectivity index (χ2v) is 9.57. The van der Waals surface area contributed by atoms with Gasteiger partial charge >= 0.3 is 0 Å². The molecule has 2 aliphatic rings. The molecule has 1 saturated heterocycles. The zero-order chi connectivity index (χ0) is 21.3. The summed E-state index contributed by atoms with van der Waals surface area (Å²) in [7, 11) is 0. The molecule has 0 bridgehead atoms. The van der Waals surface area contributed by atoms with Crippen LogP contribution < -0.4 is 10.2 Å². The van der Waals surface area contributed by atoms with Crippen molar-refractivity contribution in [3.63, 3.8) is 0 Å². The molecule has 0 saturated carbocycles. The van der Waals surface area contributed by atoms with Gasteiger partial charge in [-0.25, -0.2) is 4.98 Å². The molecular weight excluding hydrogens is 400 g/mol. The van der Waals surface area contributed by atoms with Gasteiger partial charge in [0, 0.05) is 42.9 Å². The van der Waals surface area contributed by atoms with Crippen LogP contribution in [0.15, 0.2) is 16.5 Å². The van der Waals surface area contributed by atoms with Crippen LogP contribution in [0.2, 0.25) is 0 Å². The van der Waals surface area contributed by atoms with E-state index in [1.807, 2.05) is 37.8 Å². The molecule has 0 spiro atoms. The number of carbonyl (C=O) groups excluding carboxylic acids is 2. The molecule has 2 amide bonds. The molecule has 1 aliphatic heterocycles. The van der Waals surface area contributed by atoms with Gasteiger partial charge in [-0.2, -0.15) is 0 Å². The third kappa shape index (κ3) is 4.53. The first-order valence-electron chi connectivity index (χ1n) is 10.8. The lowest BCUT2D eigenvalue weighted by Crippen LogP contribution is -2.49. The van der Waals surface area contributed by atoms with Crippen molar-refractivity contribution >= 4 is 28.3 Å². The number of hydrogen-bond acceptors (Lipinski definition) is 6. The summed E-state index contributed by atoms with van der Waals surface area (Å²) in [5.41, 5.74) is 1.14. The van der Waals surface area contributed by atoms with Gasteiger partial charge in [0.2, 0.25) is 11.8 Å². The van der Waals surface area contributed by atoms with Crippen molar-refractivity contribution in [3.05, 3.63) is 34.2 Å². The number of anilines is 1. The van der Waals surface area contributed by atoms with Crippen LogP contribution in [0.4, 0.5) is 5.13 Å². The first-order chi connectivity index (χ1) is 14.4. The largest absolute Gasteiger partial charge is 0.465 e. The van der Waals surface area contributed by atoms with Crippen molar-refractivity contribution < 1.29 is 14.0 Å². The maximum absolute atomic E-state index is 12.6. The van der Waals surface area contributed by atoms with E-state index in [0.29, 0.717) is 6.54 Å². The minimum Gasteiger partial charge on any atom is -0.465 e. The van der Waals surface area contributed by atoms with Crippen molar-refractivity contribution in [2.24, 2.45) is 11.8 Å². The molecule has 1 fully saturated rings. The van der Waals surface area contributed by atoms with Crippen molar-refractivity contribution in [1.82, 2.24) is 15.2 Å². The highest BCUT2D eigenvalue weighted by Gasteiger charge is 2.30. The number of furan rings is 1. The lowest BCUT2D eigenvalue weighted by Gasteiger charge is -2.35. The van der Waals surface area contributed by atoms with Gasteiger partial charge < -0.3 is 19.5 Å². The van der Waals surface area contributed by atoms with Crippen LogP contribution in [0.25, 0.3) is 0 Å². The number of carbonyl (C=O) groups is 2. The van der Waals surface area contributed by atoms with Crippen LogP contribution in [-0.4, -0.2) is 47.9 Å². The number of aryl methyl sites for hydroxylation is 2. The summed E-state index contributed by atoms with van der Waals surface area (Å²) in [5, 5.41) is 4.04. The quantitative estimate of drug-likeness (QED) is 0.789. The molecule has 30 heavy (non-hydrogen) atoms. The molecule has 1 N–H and O–H groups in total. The lowest BCUT2D eigenvalue weighted by atomic mass is 9.90. The summed E-state index contributed by atoms with van der Waals surface area (Å²) in [4.78, 5) is 35.2. The second-order valence-electron chi connectivity index (χ2n) is 8.50. The highest BCUT2D eigenvalue weighted by atomic mass is 32.1. The minimum atomic E-state index is -0.0117. The number of fused-ring (bicyclic) bond motifs is 1. The molecule has 8 heteroatoms. The monoisotopic (exact) mass is 430 g/mol. The maximum atomic E-state index is 12.6. The summed E-state index contributed by atoms with van der Waals surface area (Å²) < 4.78 is 5.53. The van der Waals surface area contributed by atoms with Crippen LogP contribution in [-0.2, 0) is 29.0 Å². The molecule has 2 aromatic heterocycles. The SMILES string of the molecule is Cc1ccc(CNC(=O)C2CCc3nc(N4CCN(C(=O)C(C)C)CC4)sc3C2)o1. The van der Waals surface area contributed by atoms with Gasteiger partial charge in [-0.05, 0) is 38.3 Å². The minimum absolute atomic E-state index is 0.0117. The summed E-state index contributed by atoms with van der Waals surface area (Å²) in [6.07, 6.45) is 2.42. The molecule has 162 valence electrons. The molecule has 7 nitrogen and oxygen atoms in total. The fourth-order valence-corrected chi connectivity index (χ4v) is 5.34. The average molecular weight is 431 g/mol. The van der Waals surface area contributed by atoms with Gasteiger partial charge in [-0.15, -0.1) is 11.3 Å². The first-order valence-corrected chi connectivity index (χ1v) is 11.6. The Hall–Kier alpha value is -2.35. The number of nitrogens with one attached hydrogen (secondary N) is 1. The van der Waals surface area contributed by atoms with E-state index in [1.165, 1.54) is 4.88 Å². The van der Waals surface area contributed by atoms with Gasteiger partial charge in [0.25, 0.3) is 0 Å². The van der Waals surface area contributed by atoms with E-state index in [1.54, 1.807) is 11.3 Å². The average Bonchev–Trinajstić information content (AvgIpc) is 3.36. The van der Waals surface area contributed by atoms with Gasteiger partial charge in [-0.1, -0.05) is 13.8 Å².